The topological polar surface area (TPSA) is 136 Å². The number of para-hydroxylation sites is 1. The summed E-state index contributed by atoms with van der Waals surface area (Å²) in [5, 5.41) is 16.1. The third kappa shape index (κ3) is 3.21. The molecule has 0 atom stereocenters. The fourth-order valence-corrected chi connectivity index (χ4v) is 3.97. The highest BCUT2D eigenvalue weighted by Crippen LogP contribution is 2.30. The maximum Gasteiger partial charge on any atom is 0.348 e. The lowest BCUT2D eigenvalue weighted by Crippen LogP contribution is -2.11. The Hall–Kier alpha value is -3.08. The van der Waals surface area contributed by atoms with Crippen molar-refractivity contribution in [2.45, 2.75) is 4.90 Å². The number of hydrogen-bond acceptors (Lipinski definition) is 8. The molecular weight excluding hydrogens is 390 g/mol. The van der Waals surface area contributed by atoms with E-state index in [1.807, 2.05) is 0 Å². The Morgan fingerprint density at radius 1 is 1.22 bits per heavy atom. The van der Waals surface area contributed by atoms with Crippen molar-refractivity contribution in [1.82, 2.24) is 4.98 Å². The van der Waals surface area contributed by atoms with Gasteiger partial charge in [0.05, 0.1) is 20.5 Å². The average Bonchev–Trinajstić information content (AvgIpc) is 3.02. The summed E-state index contributed by atoms with van der Waals surface area (Å²) in [5.74, 6) is -0.233. The molecule has 0 aliphatic rings. The van der Waals surface area contributed by atoms with Crippen molar-refractivity contribution in [2.24, 2.45) is 10.1 Å². The Morgan fingerprint density at radius 3 is 2.78 bits per heavy atom. The van der Waals surface area contributed by atoms with E-state index in [0.29, 0.717) is 15.6 Å². The van der Waals surface area contributed by atoms with Gasteiger partial charge in [-0.05, 0) is 30.3 Å². The van der Waals surface area contributed by atoms with Crippen molar-refractivity contribution in [3.05, 3.63) is 58.4 Å². The normalized spacial score (nSPS) is 12.3. The summed E-state index contributed by atoms with van der Waals surface area (Å²) < 4.78 is 28.6. The van der Waals surface area contributed by atoms with Crippen molar-refractivity contribution in [3.8, 4) is 5.75 Å². The molecule has 0 spiro atoms. The molecule has 0 amide bonds. The van der Waals surface area contributed by atoms with Crippen molar-refractivity contribution in [1.29, 1.82) is 0 Å². The van der Waals surface area contributed by atoms with E-state index in [1.165, 1.54) is 24.4 Å². The minimum absolute atomic E-state index is 0.0259. The maximum atomic E-state index is 12.1. The Bertz CT molecular complexity index is 1390. The molecule has 10 heteroatoms. The Balaban J connectivity index is 1.77. The highest BCUT2D eigenvalue weighted by molar-refractivity contribution is 7.89. The molecule has 8 nitrogen and oxygen atoms in total. The molecule has 4 aromatic rings. The molecule has 0 bridgehead atoms. The van der Waals surface area contributed by atoms with Crippen molar-refractivity contribution >= 4 is 53.9 Å². The van der Waals surface area contributed by atoms with Gasteiger partial charge >= 0.3 is 5.63 Å². The monoisotopic (exact) mass is 401 g/mol. The van der Waals surface area contributed by atoms with Crippen LogP contribution in [0, 0.1) is 0 Å². The van der Waals surface area contributed by atoms with Crippen molar-refractivity contribution in [3.63, 3.8) is 0 Å². The van der Waals surface area contributed by atoms with Crippen LogP contribution in [0.1, 0.15) is 5.56 Å². The number of rotatable bonds is 3. The first kappa shape index (κ1) is 17.3. The second-order valence-corrected chi connectivity index (χ2v) is 8.15. The van der Waals surface area contributed by atoms with Gasteiger partial charge in [-0.1, -0.05) is 23.5 Å². The van der Waals surface area contributed by atoms with E-state index in [-0.39, 0.29) is 26.9 Å². The largest absolute Gasteiger partial charge is 0.506 e. The number of hydrogen-bond donors (Lipinski definition) is 2. The van der Waals surface area contributed by atoms with Crippen LogP contribution in [0.3, 0.4) is 0 Å². The minimum Gasteiger partial charge on any atom is -0.506 e. The molecule has 0 unspecified atom stereocenters. The van der Waals surface area contributed by atoms with Crippen LogP contribution < -0.4 is 10.8 Å². The predicted octanol–water partition coefficient (Wildman–Crippen LogP) is 2.51. The van der Waals surface area contributed by atoms with Crippen molar-refractivity contribution in [2.75, 3.05) is 0 Å². The number of fused-ring (bicyclic) bond motifs is 2. The molecule has 0 fully saturated rings. The van der Waals surface area contributed by atoms with E-state index in [0.717, 1.165) is 11.3 Å². The van der Waals surface area contributed by atoms with Crippen LogP contribution in [0.2, 0.25) is 0 Å². The van der Waals surface area contributed by atoms with E-state index in [1.54, 1.807) is 24.3 Å². The fourth-order valence-electron chi connectivity index (χ4n) is 2.51. The van der Waals surface area contributed by atoms with E-state index < -0.39 is 15.6 Å². The van der Waals surface area contributed by atoms with Gasteiger partial charge in [0.25, 0.3) is 0 Å². The number of aromatic hydroxyl groups is 1. The van der Waals surface area contributed by atoms with E-state index >= 15 is 0 Å². The van der Waals surface area contributed by atoms with Crippen LogP contribution in [0.25, 0.3) is 21.2 Å². The summed E-state index contributed by atoms with van der Waals surface area (Å²) in [7, 11) is -3.82. The standard InChI is InChI=1S/C17H11N3O5S2/c18-27(23,24)9-5-6-12-14(7-9)26-17(20-12)19-8-11-15(21)10-3-1-2-4-13(10)25-16(11)22/h1-8,21H,(H2,18,23,24). The van der Waals surface area contributed by atoms with Gasteiger partial charge in [-0.3, -0.25) is 0 Å². The van der Waals surface area contributed by atoms with Crippen LogP contribution in [-0.2, 0) is 10.0 Å². The van der Waals surface area contributed by atoms with E-state index in [4.69, 9.17) is 9.56 Å². The first-order chi connectivity index (χ1) is 12.8. The number of thiazole rings is 1. The minimum atomic E-state index is -3.82. The zero-order valence-electron chi connectivity index (χ0n) is 13.5. The smallest absolute Gasteiger partial charge is 0.348 e. The average molecular weight is 401 g/mol. The van der Waals surface area contributed by atoms with Gasteiger partial charge in [-0.25, -0.2) is 28.3 Å². The van der Waals surface area contributed by atoms with E-state index in [9.17, 15) is 18.3 Å². The number of aliphatic imine (C=N–C) groups is 1. The molecule has 0 aliphatic carbocycles. The molecule has 2 aromatic carbocycles. The lowest BCUT2D eigenvalue weighted by molar-refractivity contribution is 0.466. The summed E-state index contributed by atoms with van der Waals surface area (Å²) >= 11 is 1.12. The Morgan fingerprint density at radius 2 is 2.00 bits per heavy atom. The van der Waals surface area contributed by atoms with Gasteiger partial charge in [-0.15, -0.1) is 0 Å². The number of nitrogens with zero attached hydrogens (tertiary/aromatic N) is 2. The molecular formula is C17H11N3O5S2. The lowest BCUT2D eigenvalue weighted by Gasteiger charge is -2.01. The first-order valence-corrected chi connectivity index (χ1v) is 9.91. The maximum absolute atomic E-state index is 12.1. The quantitative estimate of drug-likeness (QED) is 0.400. The number of benzene rings is 2. The SMILES string of the molecule is NS(=O)(=O)c1ccc2nc(N=Cc3c(O)c4ccccc4oc3=O)sc2c1. The third-order valence-corrected chi connectivity index (χ3v) is 5.64. The zero-order chi connectivity index (χ0) is 19.2. The highest BCUT2D eigenvalue weighted by atomic mass is 32.2. The Labute approximate surface area is 156 Å². The van der Waals surface area contributed by atoms with Crippen LogP contribution in [-0.4, -0.2) is 24.7 Å². The molecule has 0 radical (unpaired) electrons. The van der Waals surface area contributed by atoms with Gasteiger partial charge < -0.3 is 9.52 Å². The molecule has 0 saturated carbocycles. The number of nitrogens with two attached hydrogens (primary N) is 1. The number of aromatic nitrogens is 1. The summed E-state index contributed by atoms with van der Waals surface area (Å²) in [6.07, 6.45) is 1.17. The van der Waals surface area contributed by atoms with Crippen LogP contribution >= 0.6 is 11.3 Å². The zero-order valence-corrected chi connectivity index (χ0v) is 15.1. The molecule has 2 aromatic heterocycles. The summed E-state index contributed by atoms with van der Waals surface area (Å²) in [5.41, 5.74) is -0.0206. The lowest BCUT2D eigenvalue weighted by atomic mass is 10.1. The number of sulfonamides is 1. The summed E-state index contributed by atoms with van der Waals surface area (Å²) in [6, 6.07) is 10.9. The number of primary sulfonamides is 1. The van der Waals surface area contributed by atoms with Crippen molar-refractivity contribution < 1.29 is 17.9 Å². The van der Waals surface area contributed by atoms with Gasteiger partial charge in [0.1, 0.15) is 16.9 Å². The molecule has 27 heavy (non-hydrogen) atoms. The predicted molar refractivity (Wildman–Crippen MR) is 102 cm³/mol. The Kier molecular flexibility index (Phi) is 4.02. The molecule has 0 aliphatic heterocycles. The molecule has 3 N–H and O–H groups in total. The summed E-state index contributed by atoms with van der Waals surface area (Å²) in [6.45, 7) is 0. The van der Waals surface area contributed by atoms with Crippen LogP contribution in [0.5, 0.6) is 5.75 Å². The molecule has 4 rings (SSSR count). The van der Waals surface area contributed by atoms with Crippen LogP contribution in [0.15, 0.2) is 61.6 Å². The molecule has 2 heterocycles. The molecule has 136 valence electrons. The highest BCUT2D eigenvalue weighted by Gasteiger charge is 2.13. The van der Waals surface area contributed by atoms with Gasteiger partial charge in [0, 0.05) is 6.21 Å². The second kappa shape index (κ2) is 6.27. The third-order valence-electron chi connectivity index (χ3n) is 3.80. The second-order valence-electron chi connectivity index (χ2n) is 5.58. The fraction of sp³-hybridized carbons (Fsp3) is 0. The van der Waals surface area contributed by atoms with Gasteiger partial charge in [0.2, 0.25) is 15.2 Å². The van der Waals surface area contributed by atoms with E-state index in [2.05, 4.69) is 9.98 Å². The summed E-state index contributed by atoms with van der Waals surface area (Å²) in [4.78, 5) is 20.4. The van der Waals surface area contributed by atoms with Gasteiger partial charge in [0.15, 0.2) is 0 Å². The van der Waals surface area contributed by atoms with Gasteiger partial charge in [-0.2, -0.15) is 0 Å². The molecule has 0 saturated heterocycles. The first-order valence-electron chi connectivity index (χ1n) is 7.55. The van der Waals surface area contributed by atoms with Crippen LogP contribution in [0.4, 0.5) is 5.13 Å².